The number of anilines is 4. The summed E-state index contributed by atoms with van der Waals surface area (Å²) >= 11 is 0. The maximum atomic E-state index is 14.6. The van der Waals surface area contributed by atoms with Gasteiger partial charge in [-0.15, -0.1) is 0 Å². The minimum atomic E-state index is -8.78. The van der Waals surface area contributed by atoms with Gasteiger partial charge in [0.1, 0.15) is 5.75 Å². The number of amides is 2. The minimum Gasteiger partial charge on any atom is -0.491 e. The molecule has 0 aliphatic heterocycles. The number of carboxylic acid groups (broad SMARTS) is 2. The number of hydrogen-bond acceptors (Lipinski definition) is 3. The Hall–Kier alpha value is -5.19. The Bertz CT molecular complexity index is 1810. The lowest BCUT2D eigenvalue weighted by Gasteiger charge is -2.42. The van der Waals surface area contributed by atoms with E-state index in [1.807, 2.05) is 0 Å². The predicted molar refractivity (Wildman–Crippen MR) is 150 cm³/mol. The molecule has 2 N–H and O–H groups in total. The van der Waals surface area contributed by atoms with Crippen LogP contribution in [0.2, 0.25) is 0 Å². The Labute approximate surface area is 289 Å². The van der Waals surface area contributed by atoms with Crippen LogP contribution in [0.15, 0.2) is 78.9 Å². The number of nitrogens with zero attached hydrogens (tertiary/aromatic N) is 2. The molecule has 0 unspecified atom stereocenters. The summed E-state index contributed by atoms with van der Waals surface area (Å²) in [5, 5.41) is 19.8. The van der Waals surface area contributed by atoms with Crippen LogP contribution >= 0.6 is 0 Å². The van der Waals surface area contributed by atoms with Crippen LogP contribution in [-0.2, 0) is 0 Å². The van der Waals surface area contributed by atoms with Crippen LogP contribution in [0.4, 0.5) is 107 Å². The molecule has 0 aliphatic rings. The molecule has 2 amide bonds. The summed E-state index contributed by atoms with van der Waals surface area (Å²) in [5.41, 5.74) is -1.59. The van der Waals surface area contributed by atoms with Crippen molar-refractivity contribution in [1.29, 1.82) is 0 Å². The van der Waals surface area contributed by atoms with E-state index in [4.69, 9.17) is 4.74 Å². The molecule has 54 heavy (non-hydrogen) atoms. The fourth-order valence-corrected chi connectivity index (χ4v) is 4.46. The molecule has 0 bridgehead atoms. The Kier molecular flexibility index (Phi) is 11.4. The van der Waals surface area contributed by atoms with Gasteiger partial charge < -0.3 is 14.9 Å². The highest BCUT2D eigenvalue weighted by Gasteiger charge is 2.95. The second-order valence-corrected chi connectivity index (χ2v) is 10.8. The first-order valence-electron chi connectivity index (χ1n) is 14.1. The topological polar surface area (TPSA) is 90.3 Å². The molecule has 0 spiro atoms. The van der Waals surface area contributed by atoms with E-state index < -0.39 is 90.0 Å². The van der Waals surface area contributed by atoms with Gasteiger partial charge in [0.25, 0.3) is 0 Å². The maximum Gasteiger partial charge on any atom is 0.460 e. The molecular weight excluding hydrogens is 791 g/mol. The highest BCUT2D eigenvalue weighted by molar-refractivity contribution is 6.00. The van der Waals surface area contributed by atoms with Crippen molar-refractivity contribution >= 4 is 34.9 Å². The number of alkyl halides is 17. The van der Waals surface area contributed by atoms with Gasteiger partial charge in [-0.2, -0.15) is 74.6 Å². The summed E-state index contributed by atoms with van der Waals surface area (Å²) < 4.78 is 237. The van der Waals surface area contributed by atoms with Gasteiger partial charge in [-0.1, -0.05) is 36.4 Å². The van der Waals surface area contributed by atoms with Crippen molar-refractivity contribution in [2.45, 2.75) is 54.1 Å². The van der Waals surface area contributed by atoms with Gasteiger partial charge in [0.15, 0.2) is 0 Å². The quantitative estimate of drug-likeness (QED) is 0.158. The molecule has 0 saturated heterocycles. The zero-order chi connectivity index (χ0) is 41.5. The standard InChI is InChI=1S/C30H19F17N2O5/c31-23(32,24(33,34)25(35,36)26(37,38)27(39,40)28(41,42)29(43,44)30(45,46)47)13-14-54-20-12-11-18(48(21(50)51)16-7-3-1-4-8-16)15-19(20)49(22(52)53)17-9-5-2-6-10-17/h1-12,15H,13-14H2,(H,50,51)(H,52,53). The number of benzene rings is 3. The Morgan fingerprint density at radius 2 is 0.889 bits per heavy atom. The van der Waals surface area contributed by atoms with Crippen LogP contribution in [0.1, 0.15) is 6.42 Å². The van der Waals surface area contributed by atoms with Crippen LogP contribution in [0.5, 0.6) is 5.75 Å². The number of para-hydroxylation sites is 2. The molecule has 0 fully saturated rings. The van der Waals surface area contributed by atoms with Gasteiger partial charge >= 0.3 is 59.8 Å². The van der Waals surface area contributed by atoms with E-state index >= 15 is 0 Å². The van der Waals surface area contributed by atoms with Crippen molar-refractivity contribution in [1.82, 2.24) is 0 Å². The van der Waals surface area contributed by atoms with E-state index in [0.717, 1.165) is 24.3 Å². The normalized spacial score (nSPS) is 13.7. The summed E-state index contributed by atoms with van der Waals surface area (Å²) in [6, 6.07) is 15.0. The first-order chi connectivity index (χ1) is 24.4. The van der Waals surface area contributed by atoms with Crippen molar-refractivity contribution in [3.63, 3.8) is 0 Å². The molecule has 3 aromatic carbocycles. The molecule has 0 heterocycles. The van der Waals surface area contributed by atoms with E-state index in [-0.39, 0.29) is 11.4 Å². The van der Waals surface area contributed by atoms with E-state index in [9.17, 15) is 94.4 Å². The lowest BCUT2D eigenvalue weighted by molar-refractivity contribution is -0.461. The van der Waals surface area contributed by atoms with Crippen LogP contribution in [0, 0.1) is 0 Å². The molecule has 7 nitrogen and oxygen atoms in total. The molecule has 298 valence electrons. The van der Waals surface area contributed by atoms with Crippen molar-refractivity contribution in [3.8, 4) is 5.75 Å². The van der Waals surface area contributed by atoms with E-state index in [1.165, 1.54) is 48.5 Å². The van der Waals surface area contributed by atoms with Crippen molar-refractivity contribution in [3.05, 3.63) is 78.9 Å². The maximum absolute atomic E-state index is 14.6. The molecule has 3 rings (SSSR count). The molecule has 0 atom stereocenters. The average Bonchev–Trinajstić information content (AvgIpc) is 3.05. The van der Waals surface area contributed by atoms with Crippen molar-refractivity contribution in [2.75, 3.05) is 16.4 Å². The second kappa shape index (κ2) is 14.2. The summed E-state index contributed by atoms with van der Waals surface area (Å²) in [5.74, 6) is -58.6. The fourth-order valence-electron chi connectivity index (χ4n) is 4.46. The zero-order valence-corrected chi connectivity index (χ0v) is 25.9. The average molecular weight is 810 g/mol. The summed E-state index contributed by atoms with van der Waals surface area (Å²) in [6.07, 6.45) is -14.5. The van der Waals surface area contributed by atoms with Gasteiger partial charge in [0, 0.05) is 0 Å². The minimum absolute atomic E-state index is 0.0729. The fraction of sp³-hybridized carbons (Fsp3) is 0.333. The number of ether oxygens (including phenoxy) is 1. The molecule has 0 radical (unpaired) electrons. The molecular formula is C30H19F17N2O5. The molecule has 0 aliphatic carbocycles. The van der Waals surface area contributed by atoms with Gasteiger partial charge in [-0.25, -0.2) is 19.4 Å². The first kappa shape index (κ1) is 43.2. The molecule has 24 heteroatoms. The number of carbonyl (C=O) groups is 2. The van der Waals surface area contributed by atoms with E-state index in [0.29, 0.717) is 15.9 Å². The zero-order valence-electron chi connectivity index (χ0n) is 25.9. The number of halogens is 17. The smallest absolute Gasteiger partial charge is 0.460 e. The van der Waals surface area contributed by atoms with Crippen LogP contribution in [-0.4, -0.2) is 76.6 Å². The SMILES string of the molecule is O=C(O)N(c1ccccc1)c1ccc(OCCC(F)(F)C(F)(F)C(F)(F)C(F)(F)C(F)(F)C(F)(F)C(F)(F)C(F)(F)F)c(N(C(=O)O)c2ccccc2)c1. The third-order valence-electron chi connectivity index (χ3n) is 7.31. The van der Waals surface area contributed by atoms with Crippen molar-refractivity contribution in [2.24, 2.45) is 0 Å². The Morgan fingerprint density at radius 1 is 0.500 bits per heavy atom. The highest BCUT2D eigenvalue weighted by atomic mass is 19.4. The van der Waals surface area contributed by atoms with Crippen LogP contribution in [0.3, 0.4) is 0 Å². The molecule has 0 aromatic heterocycles. The summed E-state index contributed by atoms with van der Waals surface area (Å²) in [6.45, 7) is -2.08. The van der Waals surface area contributed by atoms with Crippen LogP contribution < -0.4 is 14.5 Å². The number of hydrogen-bond donors (Lipinski definition) is 2. The van der Waals surface area contributed by atoms with Gasteiger partial charge in [0.05, 0.1) is 35.8 Å². The van der Waals surface area contributed by atoms with Gasteiger partial charge in [-0.05, 0) is 42.5 Å². The lowest BCUT2D eigenvalue weighted by Crippen LogP contribution is -2.74. The molecule has 0 saturated carbocycles. The summed E-state index contributed by atoms with van der Waals surface area (Å²) in [7, 11) is 0. The number of rotatable bonds is 14. The van der Waals surface area contributed by atoms with E-state index in [2.05, 4.69) is 0 Å². The molecule has 3 aromatic rings. The van der Waals surface area contributed by atoms with Gasteiger partial charge in [0.2, 0.25) is 0 Å². The van der Waals surface area contributed by atoms with Gasteiger partial charge in [-0.3, -0.25) is 0 Å². The van der Waals surface area contributed by atoms with Crippen molar-refractivity contribution < 1.29 is 99.2 Å². The highest BCUT2D eigenvalue weighted by Crippen LogP contribution is 2.64. The first-order valence-corrected chi connectivity index (χ1v) is 14.1. The van der Waals surface area contributed by atoms with Crippen LogP contribution in [0.25, 0.3) is 0 Å². The third kappa shape index (κ3) is 7.08. The van der Waals surface area contributed by atoms with E-state index in [1.54, 1.807) is 0 Å². The largest absolute Gasteiger partial charge is 0.491 e. The monoisotopic (exact) mass is 810 g/mol. The second-order valence-electron chi connectivity index (χ2n) is 10.8. The summed E-state index contributed by atoms with van der Waals surface area (Å²) in [4.78, 5) is 25.3. The predicted octanol–water partition coefficient (Wildman–Crippen LogP) is 11.1. The Balaban J connectivity index is 2.05. The Morgan fingerprint density at radius 3 is 1.30 bits per heavy atom. The third-order valence-corrected chi connectivity index (χ3v) is 7.31. The lowest BCUT2D eigenvalue weighted by atomic mass is 9.88.